The number of aromatic nitrogens is 1. The van der Waals surface area contributed by atoms with Gasteiger partial charge in [-0.3, -0.25) is 9.44 Å². The molecule has 2 aromatic heterocycles. The van der Waals surface area contributed by atoms with Crippen molar-refractivity contribution in [1.29, 1.82) is 0 Å². The number of hydrogen-bond donors (Lipinski definition) is 2. The lowest BCUT2D eigenvalue weighted by Crippen LogP contribution is -2.12. The summed E-state index contributed by atoms with van der Waals surface area (Å²) in [4.78, 5) is 4.64. The molecule has 0 aliphatic rings. The van der Waals surface area contributed by atoms with Crippen LogP contribution in [0.25, 0.3) is 22.6 Å². The topological polar surface area (TPSA) is 118 Å². The summed E-state index contributed by atoms with van der Waals surface area (Å²) in [5, 5.41) is 0. The summed E-state index contributed by atoms with van der Waals surface area (Å²) < 4.78 is 61.9. The van der Waals surface area contributed by atoms with E-state index in [2.05, 4.69) is 14.4 Å². The molecule has 0 spiro atoms. The summed E-state index contributed by atoms with van der Waals surface area (Å²) in [6, 6.07) is 21.1. The van der Waals surface area contributed by atoms with Gasteiger partial charge in [0.15, 0.2) is 5.58 Å². The lowest BCUT2D eigenvalue weighted by molar-refractivity contribution is 0.600. The highest BCUT2D eigenvalue weighted by Gasteiger charge is 2.18. The summed E-state index contributed by atoms with van der Waals surface area (Å²) in [6.45, 7) is 2.00. The number of hydrogen-bond acceptors (Lipinski definition) is 7. The van der Waals surface area contributed by atoms with Gasteiger partial charge in [-0.2, -0.15) is 0 Å². The second-order valence-corrected chi connectivity index (χ2v) is 13.4. The molecule has 0 unspecified atom stereocenters. The monoisotopic (exact) mass is 573 g/mol. The van der Waals surface area contributed by atoms with Gasteiger partial charge in [0.2, 0.25) is 5.89 Å². The van der Waals surface area contributed by atoms with E-state index < -0.39 is 20.0 Å². The fourth-order valence-corrected chi connectivity index (χ4v) is 7.15. The third-order valence-electron chi connectivity index (χ3n) is 5.48. The molecule has 0 fully saturated rings. The number of nitrogens with one attached hydrogen (secondary N) is 2. The van der Waals surface area contributed by atoms with Gasteiger partial charge in [0, 0.05) is 11.3 Å². The Kier molecular flexibility index (Phi) is 6.71. The Morgan fingerprint density at radius 2 is 1.51 bits per heavy atom. The quantitative estimate of drug-likeness (QED) is 0.222. The Hall–Kier alpha value is -3.38. The van der Waals surface area contributed by atoms with E-state index in [1.165, 1.54) is 12.1 Å². The minimum atomic E-state index is -3.78. The van der Waals surface area contributed by atoms with E-state index >= 15 is 0 Å². The van der Waals surface area contributed by atoms with Crippen LogP contribution in [-0.4, -0.2) is 21.8 Å². The molecule has 2 heterocycles. The van der Waals surface area contributed by atoms with E-state index in [0.29, 0.717) is 38.3 Å². The minimum Gasteiger partial charge on any atom is -0.436 e. The highest BCUT2D eigenvalue weighted by Crippen LogP contribution is 2.30. The second-order valence-electron chi connectivity index (χ2n) is 8.05. The molecule has 0 amide bonds. The first-order chi connectivity index (χ1) is 17.6. The lowest BCUT2D eigenvalue weighted by atomic mass is 10.2. The summed E-state index contributed by atoms with van der Waals surface area (Å²) >= 11 is 6.82. The minimum absolute atomic E-state index is 0.104. The third-order valence-corrected chi connectivity index (χ3v) is 9.98. The zero-order chi connectivity index (χ0) is 26.2. The largest absolute Gasteiger partial charge is 0.436 e. The normalized spacial score (nSPS) is 12.1. The molecule has 5 rings (SSSR count). The molecule has 5 aromatic rings. The molecule has 37 heavy (non-hydrogen) atoms. The molecule has 3 aromatic carbocycles. The van der Waals surface area contributed by atoms with E-state index in [1.54, 1.807) is 66.7 Å². The van der Waals surface area contributed by atoms with Crippen LogP contribution in [0.15, 0.2) is 92.4 Å². The van der Waals surface area contributed by atoms with Crippen LogP contribution in [0.2, 0.25) is 4.34 Å². The van der Waals surface area contributed by atoms with Crippen molar-refractivity contribution in [2.45, 2.75) is 22.4 Å². The Morgan fingerprint density at radius 1 is 0.838 bits per heavy atom. The molecule has 0 bridgehead atoms. The average Bonchev–Trinajstić information content (AvgIpc) is 3.50. The summed E-state index contributed by atoms with van der Waals surface area (Å²) in [7, 11) is -7.51. The predicted molar refractivity (Wildman–Crippen MR) is 146 cm³/mol. The predicted octanol–water partition coefficient (Wildman–Crippen LogP) is 6.37. The van der Waals surface area contributed by atoms with E-state index in [0.717, 1.165) is 23.3 Å². The molecule has 2 N–H and O–H groups in total. The number of sulfonamides is 2. The zero-order valence-corrected chi connectivity index (χ0v) is 22.5. The fourth-order valence-electron chi connectivity index (χ4n) is 3.56. The van der Waals surface area contributed by atoms with Gasteiger partial charge in [-0.25, -0.2) is 21.8 Å². The van der Waals surface area contributed by atoms with Crippen LogP contribution < -0.4 is 9.44 Å². The molecule has 190 valence electrons. The Bertz CT molecular complexity index is 1790. The number of rotatable bonds is 8. The lowest BCUT2D eigenvalue weighted by Gasteiger charge is -2.09. The van der Waals surface area contributed by atoms with Crippen LogP contribution in [0, 0.1) is 0 Å². The molecule has 12 heteroatoms. The van der Waals surface area contributed by atoms with Crippen molar-refractivity contribution in [2.24, 2.45) is 0 Å². The molecule has 0 saturated carbocycles. The molecule has 8 nitrogen and oxygen atoms in total. The molecule has 0 atom stereocenters. The Balaban J connectivity index is 1.33. The van der Waals surface area contributed by atoms with Crippen LogP contribution >= 0.6 is 22.9 Å². The van der Waals surface area contributed by atoms with E-state index in [-0.39, 0.29) is 9.10 Å². The van der Waals surface area contributed by atoms with E-state index in [9.17, 15) is 16.8 Å². The van der Waals surface area contributed by atoms with Gasteiger partial charge in [-0.15, -0.1) is 11.3 Å². The number of halogens is 1. The number of anilines is 2. The van der Waals surface area contributed by atoms with Crippen LogP contribution in [0.5, 0.6) is 0 Å². The van der Waals surface area contributed by atoms with Crippen LogP contribution in [0.4, 0.5) is 11.4 Å². The molecule has 0 aliphatic heterocycles. The average molecular weight is 574 g/mol. The summed E-state index contributed by atoms with van der Waals surface area (Å²) in [5.41, 5.74) is 3.33. The van der Waals surface area contributed by atoms with Crippen molar-refractivity contribution in [3.63, 3.8) is 0 Å². The first-order valence-electron chi connectivity index (χ1n) is 11.0. The Morgan fingerprint density at radius 3 is 2.16 bits per heavy atom. The third kappa shape index (κ3) is 5.49. The van der Waals surface area contributed by atoms with Gasteiger partial charge in [0.05, 0.1) is 14.9 Å². The standard InChI is InChI=1S/C25H20ClN3O5S3/c1-2-16-3-10-20(11-4-16)36(30,31)28-18-7-5-17(6-8-18)25-27-21-15-19(9-12-22(21)34-25)29-37(32,33)24-14-13-23(26)35-24/h3-15,28-29H,2H2,1H3. The molecule has 0 aliphatic carbocycles. The van der Waals surface area contributed by atoms with Gasteiger partial charge in [-0.05, 0) is 78.7 Å². The van der Waals surface area contributed by atoms with Gasteiger partial charge >= 0.3 is 0 Å². The Labute approximate surface area is 223 Å². The molecular weight excluding hydrogens is 554 g/mol. The molecular formula is C25H20ClN3O5S3. The number of thiophene rings is 1. The van der Waals surface area contributed by atoms with Crippen LogP contribution in [0.3, 0.4) is 0 Å². The van der Waals surface area contributed by atoms with Gasteiger partial charge in [-0.1, -0.05) is 30.7 Å². The van der Waals surface area contributed by atoms with Gasteiger partial charge in [0.1, 0.15) is 9.73 Å². The van der Waals surface area contributed by atoms with Crippen LogP contribution in [0.1, 0.15) is 12.5 Å². The smallest absolute Gasteiger partial charge is 0.271 e. The zero-order valence-electron chi connectivity index (χ0n) is 19.3. The van der Waals surface area contributed by atoms with Crippen molar-refractivity contribution in [2.75, 3.05) is 9.44 Å². The maximum absolute atomic E-state index is 12.7. The van der Waals surface area contributed by atoms with Crippen molar-refractivity contribution in [3.8, 4) is 11.5 Å². The summed E-state index contributed by atoms with van der Waals surface area (Å²) in [5.74, 6) is 0.310. The van der Waals surface area contributed by atoms with E-state index in [4.69, 9.17) is 16.0 Å². The molecule has 0 saturated heterocycles. The number of benzene rings is 3. The highest BCUT2D eigenvalue weighted by molar-refractivity contribution is 7.94. The number of oxazole rings is 1. The van der Waals surface area contributed by atoms with Crippen molar-refractivity contribution >= 4 is 65.5 Å². The molecule has 0 radical (unpaired) electrons. The van der Waals surface area contributed by atoms with Crippen molar-refractivity contribution in [3.05, 3.63) is 88.8 Å². The SMILES string of the molecule is CCc1ccc(S(=O)(=O)Nc2ccc(-c3nc4cc(NS(=O)(=O)c5ccc(Cl)s5)ccc4o3)cc2)cc1. The highest BCUT2D eigenvalue weighted by atomic mass is 35.5. The number of aryl methyl sites for hydroxylation is 1. The second kappa shape index (κ2) is 9.82. The van der Waals surface area contributed by atoms with Gasteiger partial charge < -0.3 is 4.42 Å². The maximum Gasteiger partial charge on any atom is 0.271 e. The first-order valence-corrected chi connectivity index (χ1v) is 15.2. The van der Waals surface area contributed by atoms with Crippen molar-refractivity contribution < 1.29 is 21.3 Å². The van der Waals surface area contributed by atoms with Crippen LogP contribution in [-0.2, 0) is 26.5 Å². The first kappa shape index (κ1) is 25.3. The summed E-state index contributed by atoms with van der Waals surface area (Å²) in [6.07, 6.45) is 0.826. The number of fused-ring (bicyclic) bond motifs is 1. The maximum atomic E-state index is 12.7. The number of nitrogens with zero attached hydrogens (tertiary/aromatic N) is 1. The van der Waals surface area contributed by atoms with Crippen molar-refractivity contribution in [1.82, 2.24) is 4.98 Å². The fraction of sp³-hybridized carbons (Fsp3) is 0.0800. The van der Waals surface area contributed by atoms with E-state index in [1.807, 2.05) is 6.92 Å². The van der Waals surface area contributed by atoms with Gasteiger partial charge in [0.25, 0.3) is 20.0 Å².